The minimum absolute atomic E-state index is 0.552. The lowest BCUT2D eigenvalue weighted by molar-refractivity contribution is 0.470. The summed E-state index contributed by atoms with van der Waals surface area (Å²) in [5.41, 5.74) is 0.794. The van der Waals surface area contributed by atoms with Gasteiger partial charge in [0.05, 0.1) is 11.4 Å². The SMILES string of the molecule is CNCCCNc1ncc2cn(C3CCCC3)nc2n1. The highest BCUT2D eigenvalue weighted by Crippen LogP contribution is 2.29. The third kappa shape index (κ3) is 2.90. The van der Waals surface area contributed by atoms with Crippen molar-refractivity contribution >= 4 is 17.0 Å². The number of anilines is 1. The molecule has 0 radical (unpaired) electrons. The van der Waals surface area contributed by atoms with Crippen molar-refractivity contribution in [2.24, 2.45) is 0 Å². The van der Waals surface area contributed by atoms with Crippen LogP contribution in [0.3, 0.4) is 0 Å². The van der Waals surface area contributed by atoms with E-state index in [1.54, 1.807) is 0 Å². The van der Waals surface area contributed by atoms with Crippen LogP contribution >= 0.6 is 0 Å². The zero-order valence-electron chi connectivity index (χ0n) is 12.0. The highest BCUT2D eigenvalue weighted by Gasteiger charge is 2.18. The van der Waals surface area contributed by atoms with Gasteiger partial charge in [-0.25, -0.2) is 4.98 Å². The molecule has 3 rings (SSSR count). The summed E-state index contributed by atoms with van der Waals surface area (Å²) >= 11 is 0. The molecule has 108 valence electrons. The predicted molar refractivity (Wildman–Crippen MR) is 79.9 cm³/mol. The number of fused-ring (bicyclic) bond motifs is 1. The Bertz CT molecular complexity index is 558. The van der Waals surface area contributed by atoms with E-state index in [0.717, 1.165) is 30.5 Å². The van der Waals surface area contributed by atoms with Crippen LogP contribution in [0.5, 0.6) is 0 Å². The molecule has 1 aliphatic rings. The van der Waals surface area contributed by atoms with Gasteiger partial charge in [-0.1, -0.05) is 12.8 Å². The Morgan fingerprint density at radius 1 is 1.30 bits per heavy atom. The first-order valence-corrected chi connectivity index (χ1v) is 7.47. The zero-order valence-corrected chi connectivity index (χ0v) is 12.0. The average Bonchev–Trinajstić information content (AvgIpc) is 3.11. The van der Waals surface area contributed by atoms with E-state index in [1.165, 1.54) is 25.7 Å². The van der Waals surface area contributed by atoms with Gasteiger partial charge in [0.15, 0.2) is 5.65 Å². The van der Waals surface area contributed by atoms with Crippen LogP contribution < -0.4 is 10.6 Å². The molecular weight excluding hydrogens is 252 g/mol. The first-order chi connectivity index (χ1) is 9.86. The van der Waals surface area contributed by atoms with Crippen molar-refractivity contribution in [2.75, 3.05) is 25.5 Å². The third-order valence-corrected chi connectivity index (χ3v) is 3.86. The minimum Gasteiger partial charge on any atom is -0.354 e. The fourth-order valence-electron chi connectivity index (χ4n) is 2.74. The van der Waals surface area contributed by atoms with E-state index in [1.807, 2.05) is 13.2 Å². The maximum Gasteiger partial charge on any atom is 0.224 e. The lowest BCUT2D eigenvalue weighted by Gasteiger charge is -2.07. The normalized spacial score (nSPS) is 16.1. The zero-order chi connectivity index (χ0) is 13.8. The van der Waals surface area contributed by atoms with Crippen LogP contribution in [0.4, 0.5) is 5.95 Å². The van der Waals surface area contributed by atoms with Gasteiger partial charge >= 0.3 is 0 Å². The van der Waals surface area contributed by atoms with E-state index >= 15 is 0 Å². The van der Waals surface area contributed by atoms with Gasteiger partial charge < -0.3 is 10.6 Å². The van der Waals surface area contributed by atoms with Gasteiger partial charge in [-0.15, -0.1) is 0 Å². The van der Waals surface area contributed by atoms with Crippen molar-refractivity contribution in [3.8, 4) is 0 Å². The molecule has 2 N–H and O–H groups in total. The molecule has 0 unspecified atom stereocenters. The van der Waals surface area contributed by atoms with Gasteiger partial charge in [0.2, 0.25) is 5.95 Å². The largest absolute Gasteiger partial charge is 0.354 e. The molecule has 6 nitrogen and oxygen atoms in total. The van der Waals surface area contributed by atoms with Crippen LogP contribution in [0.15, 0.2) is 12.4 Å². The Hall–Kier alpha value is -1.69. The summed E-state index contributed by atoms with van der Waals surface area (Å²) in [6.07, 6.45) is 10.1. The lowest BCUT2D eigenvalue weighted by atomic mass is 10.3. The Morgan fingerprint density at radius 2 is 2.15 bits per heavy atom. The molecule has 1 aliphatic carbocycles. The Balaban J connectivity index is 1.70. The maximum atomic E-state index is 4.61. The molecule has 1 fully saturated rings. The summed E-state index contributed by atoms with van der Waals surface area (Å²) in [4.78, 5) is 8.84. The summed E-state index contributed by atoms with van der Waals surface area (Å²) in [5.74, 6) is 0.672. The second-order valence-corrected chi connectivity index (χ2v) is 5.40. The quantitative estimate of drug-likeness (QED) is 0.788. The molecule has 0 spiro atoms. The molecule has 20 heavy (non-hydrogen) atoms. The van der Waals surface area contributed by atoms with Crippen LogP contribution in [0.2, 0.25) is 0 Å². The molecule has 0 bridgehead atoms. The predicted octanol–water partition coefficient (Wildman–Crippen LogP) is 1.96. The number of nitrogens with zero attached hydrogens (tertiary/aromatic N) is 4. The van der Waals surface area contributed by atoms with E-state index in [0.29, 0.717) is 12.0 Å². The van der Waals surface area contributed by atoms with E-state index in [4.69, 9.17) is 0 Å². The highest BCUT2D eigenvalue weighted by molar-refractivity contribution is 5.73. The number of hydrogen-bond acceptors (Lipinski definition) is 5. The molecule has 0 saturated heterocycles. The molecule has 0 aromatic carbocycles. The summed E-state index contributed by atoms with van der Waals surface area (Å²) < 4.78 is 2.08. The Labute approximate surface area is 119 Å². The first kappa shape index (κ1) is 13.3. The van der Waals surface area contributed by atoms with Crippen LogP contribution in [-0.2, 0) is 0 Å². The van der Waals surface area contributed by atoms with Crippen LogP contribution in [0.1, 0.15) is 38.1 Å². The van der Waals surface area contributed by atoms with E-state index in [9.17, 15) is 0 Å². The highest BCUT2D eigenvalue weighted by atomic mass is 15.3. The van der Waals surface area contributed by atoms with Crippen LogP contribution in [0, 0.1) is 0 Å². The molecular formula is C14H22N6. The van der Waals surface area contributed by atoms with Gasteiger partial charge in [-0.05, 0) is 32.9 Å². The second kappa shape index (κ2) is 6.17. The topological polar surface area (TPSA) is 67.7 Å². The Morgan fingerprint density at radius 3 is 2.95 bits per heavy atom. The second-order valence-electron chi connectivity index (χ2n) is 5.40. The molecule has 2 aromatic heterocycles. The molecule has 2 aromatic rings. The lowest BCUT2D eigenvalue weighted by Crippen LogP contribution is -2.13. The van der Waals surface area contributed by atoms with E-state index < -0.39 is 0 Å². The fourth-order valence-corrected chi connectivity index (χ4v) is 2.74. The Kier molecular flexibility index (Phi) is 4.11. The maximum absolute atomic E-state index is 4.61. The standard InChI is InChI=1S/C14H22N6/c1-15-7-4-8-16-14-17-9-11-10-20(19-13(11)18-14)12-5-2-3-6-12/h9-10,12,15H,2-8H2,1H3,(H,16,18,19). The summed E-state index contributed by atoms with van der Waals surface area (Å²) in [6, 6.07) is 0.552. The van der Waals surface area contributed by atoms with E-state index in [-0.39, 0.29) is 0 Å². The van der Waals surface area contributed by atoms with Crippen molar-refractivity contribution in [1.82, 2.24) is 25.1 Å². The molecule has 0 amide bonds. The number of aromatic nitrogens is 4. The van der Waals surface area contributed by atoms with Crippen molar-refractivity contribution in [3.63, 3.8) is 0 Å². The summed E-state index contributed by atoms with van der Waals surface area (Å²) in [7, 11) is 1.96. The van der Waals surface area contributed by atoms with Gasteiger partial charge in [-0.2, -0.15) is 10.1 Å². The van der Waals surface area contributed by atoms with E-state index in [2.05, 4.69) is 36.6 Å². The van der Waals surface area contributed by atoms with Crippen molar-refractivity contribution in [3.05, 3.63) is 12.4 Å². The monoisotopic (exact) mass is 274 g/mol. The van der Waals surface area contributed by atoms with Gasteiger partial charge in [0.25, 0.3) is 0 Å². The smallest absolute Gasteiger partial charge is 0.224 e. The van der Waals surface area contributed by atoms with Crippen LogP contribution in [-0.4, -0.2) is 39.9 Å². The number of nitrogens with one attached hydrogen (secondary N) is 2. The van der Waals surface area contributed by atoms with Gasteiger partial charge in [0.1, 0.15) is 0 Å². The van der Waals surface area contributed by atoms with Crippen molar-refractivity contribution in [2.45, 2.75) is 38.1 Å². The van der Waals surface area contributed by atoms with Gasteiger partial charge in [-0.3, -0.25) is 4.68 Å². The third-order valence-electron chi connectivity index (χ3n) is 3.86. The molecule has 2 heterocycles. The number of hydrogen-bond donors (Lipinski definition) is 2. The first-order valence-electron chi connectivity index (χ1n) is 7.47. The minimum atomic E-state index is 0.552. The van der Waals surface area contributed by atoms with Gasteiger partial charge in [0, 0.05) is 18.9 Å². The molecule has 6 heteroatoms. The molecule has 1 saturated carbocycles. The van der Waals surface area contributed by atoms with Crippen molar-refractivity contribution in [1.29, 1.82) is 0 Å². The molecule has 0 aliphatic heterocycles. The van der Waals surface area contributed by atoms with Crippen LogP contribution in [0.25, 0.3) is 11.0 Å². The summed E-state index contributed by atoms with van der Waals surface area (Å²) in [5, 5.41) is 12.0. The summed E-state index contributed by atoms with van der Waals surface area (Å²) in [6.45, 7) is 1.86. The number of rotatable bonds is 6. The molecule has 0 atom stereocenters. The van der Waals surface area contributed by atoms with Crippen molar-refractivity contribution < 1.29 is 0 Å². The average molecular weight is 274 g/mol. The fraction of sp³-hybridized carbons (Fsp3) is 0.643.